The summed E-state index contributed by atoms with van der Waals surface area (Å²) in [5, 5.41) is 2.90. The van der Waals surface area contributed by atoms with Gasteiger partial charge in [0.25, 0.3) is 5.91 Å². The van der Waals surface area contributed by atoms with Crippen molar-refractivity contribution in [3.05, 3.63) is 60.2 Å². The van der Waals surface area contributed by atoms with Crippen molar-refractivity contribution in [2.75, 3.05) is 46.0 Å². The Morgan fingerprint density at radius 3 is 2.36 bits per heavy atom. The van der Waals surface area contributed by atoms with E-state index in [-0.39, 0.29) is 12.5 Å². The Hall–Kier alpha value is -2.57. The fraction of sp³-hybridized carbons (Fsp3) is 0.409. The fourth-order valence-corrected chi connectivity index (χ4v) is 2.93. The molecule has 3 rings (SSSR count). The number of hydrogen-bond donors (Lipinski definition) is 1. The number of carbonyl (C=O) groups excluding carboxylic acids is 1. The summed E-state index contributed by atoms with van der Waals surface area (Å²) in [4.78, 5) is 14.3. The van der Waals surface area contributed by atoms with E-state index < -0.39 is 0 Å². The van der Waals surface area contributed by atoms with Gasteiger partial charge in [-0.1, -0.05) is 30.3 Å². The van der Waals surface area contributed by atoms with E-state index in [9.17, 15) is 4.79 Å². The van der Waals surface area contributed by atoms with Crippen LogP contribution >= 0.6 is 0 Å². The van der Waals surface area contributed by atoms with Gasteiger partial charge in [-0.25, -0.2) is 0 Å². The number of carbonyl (C=O) groups is 1. The standard InChI is InChI=1S/C22H28N2O4/c25-22(23-11-4-12-24-13-15-26-16-14-24)18-28-21-9-7-20(8-10-21)27-17-19-5-2-1-3-6-19/h1-3,5-10H,4,11-18H2,(H,23,25). The first-order valence-electron chi connectivity index (χ1n) is 9.76. The first-order valence-corrected chi connectivity index (χ1v) is 9.76. The molecule has 2 aromatic rings. The van der Waals surface area contributed by atoms with Crippen molar-refractivity contribution in [3.63, 3.8) is 0 Å². The van der Waals surface area contributed by atoms with Crippen LogP contribution in [0.25, 0.3) is 0 Å². The van der Waals surface area contributed by atoms with Crippen molar-refractivity contribution in [2.24, 2.45) is 0 Å². The van der Waals surface area contributed by atoms with Gasteiger partial charge in [0.15, 0.2) is 6.61 Å². The van der Waals surface area contributed by atoms with E-state index in [0.29, 0.717) is 18.9 Å². The third-order valence-corrected chi connectivity index (χ3v) is 4.52. The van der Waals surface area contributed by atoms with Gasteiger partial charge in [-0.15, -0.1) is 0 Å². The third kappa shape index (κ3) is 7.21. The Labute approximate surface area is 166 Å². The fourth-order valence-electron chi connectivity index (χ4n) is 2.93. The number of nitrogens with one attached hydrogen (secondary N) is 1. The van der Waals surface area contributed by atoms with E-state index in [1.807, 2.05) is 54.6 Å². The highest BCUT2D eigenvalue weighted by Crippen LogP contribution is 2.18. The number of rotatable bonds is 10. The minimum Gasteiger partial charge on any atom is -0.489 e. The lowest BCUT2D eigenvalue weighted by Gasteiger charge is -2.26. The van der Waals surface area contributed by atoms with E-state index in [0.717, 1.165) is 50.6 Å². The van der Waals surface area contributed by atoms with Crippen LogP contribution in [0.3, 0.4) is 0 Å². The molecule has 1 aliphatic heterocycles. The van der Waals surface area contributed by atoms with Gasteiger partial charge in [0.2, 0.25) is 0 Å². The van der Waals surface area contributed by atoms with E-state index in [2.05, 4.69) is 10.2 Å². The molecule has 6 heteroatoms. The molecule has 0 unspecified atom stereocenters. The van der Waals surface area contributed by atoms with Gasteiger partial charge in [-0.05, 0) is 42.8 Å². The van der Waals surface area contributed by atoms with Crippen LogP contribution in [0, 0.1) is 0 Å². The zero-order valence-electron chi connectivity index (χ0n) is 16.1. The van der Waals surface area contributed by atoms with Crippen LogP contribution in [-0.4, -0.2) is 56.8 Å². The van der Waals surface area contributed by atoms with E-state index in [1.165, 1.54) is 0 Å². The minimum absolute atomic E-state index is 0.0156. The average Bonchev–Trinajstić information content (AvgIpc) is 2.76. The van der Waals surface area contributed by atoms with Crippen LogP contribution in [0.5, 0.6) is 11.5 Å². The van der Waals surface area contributed by atoms with Gasteiger partial charge in [0, 0.05) is 19.6 Å². The topological polar surface area (TPSA) is 60.0 Å². The molecule has 0 atom stereocenters. The molecule has 1 N–H and O–H groups in total. The second-order valence-electron chi connectivity index (χ2n) is 6.69. The number of ether oxygens (including phenoxy) is 3. The van der Waals surface area contributed by atoms with Crippen molar-refractivity contribution in [1.29, 1.82) is 0 Å². The summed E-state index contributed by atoms with van der Waals surface area (Å²) < 4.78 is 16.6. The first kappa shape index (κ1) is 20.2. The molecule has 150 valence electrons. The van der Waals surface area contributed by atoms with Crippen LogP contribution in [-0.2, 0) is 16.1 Å². The number of amides is 1. The maximum atomic E-state index is 11.9. The normalized spacial score (nSPS) is 14.4. The molecule has 1 amide bonds. The molecule has 1 saturated heterocycles. The van der Waals surface area contributed by atoms with Crippen molar-refractivity contribution in [2.45, 2.75) is 13.0 Å². The highest BCUT2D eigenvalue weighted by Gasteiger charge is 2.09. The summed E-state index contributed by atoms with van der Waals surface area (Å²) >= 11 is 0. The predicted octanol–water partition coefficient (Wildman–Crippen LogP) is 2.48. The van der Waals surface area contributed by atoms with Gasteiger partial charge >= 0.3 is 0 Å². The molecule has 1 fully saturated rings. The quantitative estimate of drug-likeness (QED) is 0.638. The maximum absolute atomic E-state index is 11.9. The van der Waals surface area contributed by atoms with E-state index in [4.69, 9.17) is 14.2 Å². The molecule has 1 heterocycles. The number of hydrogen-bond acceptors (Lipinski definition) is 5. The third-order valence-electron chi connectivity index (χ3n) is 4.52. The smallest absolute Gasteiger partial charge is 0.257 e. The zero-order chi connectivity index (χ0) is 19.4. The number of benzene rings is 2. The van der Waals surface area contributed by atoms with Gasteiger partial charge in [-0.3, -0.25) is 9.69 Å². The summed E-state index contributed by atoms with van der Waals surface area (Å²) in [5.41, 5.74) is 1.12. The largest absolute Gasteiger partial charge is 0.489 e. The number of nitrogens with zero attached hydrogens (tertiary/aromatic N) is 1. The van der Waals surface area contributed by atoms with Gasteiger partial charge in [0.1, 0.15) is 18.1 Å². The lowest BCUT2D eigenvalue weighted by Crippen LogP contribution is -2.38. The molecule has 0 spiro atoms. The van der Waals surface area contributed by atoms with E-state index in [1.54, 1.807) is 0 Å². The maximum Gasteiger partial charge on any atom is 0.257 e. The molecule has 0 bridgehead atoms. The summed E-state index contributed by atoms with van der Waals surface area (Å²) in [5.74, 6) is 1.31. The highest BCUT2D eigenvalue weighted by molar-refractivity contribution is 5.77. The lowest BCUT2D eigenvalue weighted by atomic mass is 10.2. The SMILES string of the molecule is O=C(COc1ccc(OCc2ccccc2)cc1)NCCCN1CCOCC1. The molecular formula is C22H28N2O4. The molecule has 6 nitrogen and oxygen atoms in total. The van der Waals surface area contributed by atoms with Gasteiger partial charge in [0.05, 0.1) is 13.2 Å². The minimum atomic E-state index is -0.105. The Bertz CT molecular complexity index is 700. The van der Waals surface area contributed by atoms with Crippen LogP contribution in [0.1, 0.15) is 12.0 Å². The summed E-state index contributed by atoms with van der Waals surface area (Å²) in [6.45, 7) is 5.73. The second kappa shape index (κ2) is 11.3. The Kier molecular flexibility index (Phi) is 8.15. The molecule has 28 heavy (non-hydrogen) atoms. The molecule has 0 radical (unpaired) electrons. The highest BCUT2D eigenvalue weighted by atomic mass is 16.5. The van der Waals surface area contributed by atoms with Crippen molar-refractivity contribution < 1.29 is 19.0 Å². The number of morpholine rings is 1. The Balaban J connectivity index is 1.29. The van der Waals surface area contributed by atoms with Crippen molar-refractivity contribution in [1.82, 2.24) is 10.2 Å². The van der Waals surface area contributed by atoms with Gasteiger partial charge in [-0.2, -0.15) is 0 Å². The molecular weight excluding hydrogens is 356 g/mol. The van der Waals surface area contributed by atoms with Crippen molar-refractivity contribution in [3.8, 4) is 11.5 Å². The molecule has 2 aromatic carbocycles. The first-order chi connectivity index (χ1) is 13.8. The molecule has 0 saturated carbocycles. The van der Waals surface area contributed by atoms with E-state index >= 15 is 0 Å². The molecule has 0 aromatic heterocycles. The lowest BCUT2D eigenvalue weighted by molar-refractivity contribution is -0.123. The zero-order valence-corrected chi connectivity index (χ0v) is 16.1. The molecule has 1 aliphatic rings. The monoisotopic (exact) mass is 384 g/mol. The average molecular weight is 384 g/mol. The Morgan fingerprint density at radius 2 is 1.64 bits per heavy atom. The van der Waals surface area contributed by atoms with Crippen LogP contribution in [0.15, 0.2) is 54.6 Å². The van der Waals surface area contributed by atoms with Crippen LogP contribution < -0.4 is 14.8 Å². The van der Waals surface area contributed by atoms with Crippen LogP contribution in [0.2, 0.25) is 0 Å². The molecule has 0 aliphatic carbocycles. The van der Waals surface area contributed by atoms with Crippen molar-refractivity contribution >= 4 is 5.91 Å². The second-order valence-corrected chi connectivity index (χ2v) is 6.69. The Morgan fingerprint density at radius 1 is 0.964 bits per heavy atom. The summed E-state index contributed by atoms with van der Waals surface area (Å²) in [6.07, 6.45) is 0.930. The predicted molar refractivity (Wildman–Crippen MR) is 108 cm³/mol. The van der Waals surface area contributed by atoms with Gasteiger partial charge < -0.3 is 19.5 Å². The van der Waals surface area contributed by atoms with Crippen LogP contribution in [0.4, 0.5) is 0 Å². The summed E-state index contributed by atoms with van der Waals surface area (Å²) in [6, 6.07) is 17.3. The summed E-state index contributed by atoms with van der Waals surface area (Å²) in [7, 11) is 0.